The predicted octanol–water partition coefficient (Wildman–Crippen LogP) is 2.93. The SMILES string of the molecule is COc1ccc(CN(C)c2c(F)cccc2CN)cc1. The number of benzene rings is 2. The van der Waals surface area contributed by atoms with Crippen molar-refractivity contribution >= 4 is 5.69 Å². The summed E-state index contributed by atoms with van der Waals surface area (Å²) in [4.78, 5) is 1.87. The minimum atomic E-state index is -0.246. The van der Waals surface area contributed by atoms with Gasteiger partial charge in [0.1, 0.15) is 11.6 Å². The molecule has 0 unspecified atom stereocenters. The molecule has 0 aromatic heterocycles. The van der Waals surface area contributed by atoms with Crippen molar-refractivity contribution in [3.05, 3.63) is 59.4 Å². The molecule has 0 saturated heterocycles. The molecule has 0 atom stereocenters. The highest BCUT2D eigenvalue weighted by Gasteiger charge is 2.12. The van der Waals surface area contributed by atoms with Crippen LogP contribution in [-0.4, -0.2) is 14.2 Å². The molecule has 0 bridgehead atoms. The van der Waals surface area contributed by atoms with Crippen molar-refractivity contribution in [3.8, 4) is 5.75 Å². The summed E-state index contributed by atoms with van der Waals surface area (Å²) in [7, 11) is 3.50. The van der Waals surface area contributed by atoms with E-state index in [9.17, 15) is 4.39 Å². The molecule has 0 aliphatic rings. The smallest absolute Gasteiger partial charge is 0.146 e. The van der Waals surface area contributed by atoms with E-state index in [1.165, 1.54) is 6.07 Å². The summed E-state index contributed by atoms with van der Waals surface area (Å²) in [5.41, 5.74) is 8.13. The molecule has 0 fully saturated rings. The van der Waals surface area contributed by atoms with Crippen LogP contribution in [0.5, 0.6) is 5.75 Å². The summed E-state index contributed by atoms with van der Waals surface area (Å²) in [6, 6.07) is 12.7. The summed E-state index contributed by atoms with van der Waals surface area (Å²) < 4.78 is 19.1. The van der Waals surface area contributed by atoms with Crippen molar-refractivity contribution in [1.29, 1.82) is 0 Å². The van der Waals surface area contributed by atoms with Crippen LogP contribution >= 0.6 is 0 Å². The van der Waals surface area contributed by atoms with Crippen LogP contribution in [0.25, 0.3) is 0 Å². The van der Waals surface area contributed by atoms with Gasteiger partial charge in [0.2, 0.25) is 0 Å². The van der Waals surface area contributed by atoms with E-state index in [4.69, 9.17) is 10.5 Å². The lowest BCUT2D eigenvalue weighted by Crippen LogP contribution is -2.20. The Morgan fingerprint density at radius 2 is 1.85 bits per heavy atom. The first-order valence-corrected chi connectivity index (χ1v) is 6.47. The third-order valence-electron chi connectivity index (χ3n) is 3.25. The topological polar surface area (TPSA) is 38.5 Å². The second kappa shape index (κ2) is 6.39. The first-order valence-electron chi connectivity index (χ1n) is 6.47. The highest BCUT2D eigenvalue weighted by Crippen LogP contribution is 2.25. The zero-order chi connectivity index (χ0) is 14.5. The number of ether oxygens (including phenoxy) is 1. The van der Waals surface area contributed by atoms with Crippen molar-refractivity contribution in [2.24, 2.45) is 5.73 Å². The molecule has 0 aliphatic heterocycles. The lowest BCUT2D eigenvalue weighted by atomic mass is 10.1. The average molecular weight is 274 g/mol. The van der Waals surface area contributed by atoms with Gasteiger partial charge in [0.05, 0.1) is 12.8 Å². The number of para-hydroxylation sites is 1. The van der Waals surface area contributed by atoms with Gasteiger partial charge in [-0.1, -0.05) is 24.3 Å². The van der Waals surface area contributed by atoms with Gasteiger partial charge in [0, 0.05) is 20.1 Å². The van der Waals surface area contributed by atoms with E-state index in [-0.39, 0.29) is 5.82 Å². The molecule has 106 valence electrons. The molecule has 0 spiro atoms. The molecule has 0 aliphatic carbocycles. The van der Waals surface area contributed by atoms with E-state index in [2.05, 4.69) is 0 Å². The van der Waals surface area contributed by atoms with Crippen LogP contribution in [0, 0.1) is 5.82 Å². The van der Waals surface area contributed by atoms with Crippen LogP contribution < -0.4 is 15.4 Å². The highest BCUT2D eigenvalue weighted by molar-refractivity contribution is 5.54. The predicted molar refractivity (Wildman–Crippen MR) is 79.4 cm³/mol. The van der Waals surface area contributed by atoms with Gasteiger partial charge >= 0.3 is 0 Å². The molecule has 2 rings (SSSR count). The quantitative estimate of drug-likeness (QED) is 0.911. The number of anilines is 1. The van der Waals surface area contributed by atoms with Crippen LogP contribution in [-0.2, 0) is 13.1 Å². The Bertz CT molecular complexity index is 569. The normalized spacial score (nSPS) is 10.4. The number of nitrogens with zero attached hydrogens (tertiary/aromatic N) is 1. The molecule has 4 heteroatoms. The van der Waals surface area contributed by atoms with Crippen LogP contribution in [0.4, 0.5) is 10.1 Å². The fourth-order valence-electron chi connectivity index (χ4n) is 2.24. The maximum absolute atomic E-state index is 14.0. The zero-order valence-electron chi connectivity index (χ0n) is 11.8. The molecule has 0 saturated carbocycles. The molecule has 0 heterocycles. The first kappa shape index (κ1) is 14.3. The third kappa shape index (κ3) is 3.08. The van der Waals surface area contributed by atoms with Gasteiger partial charge < -0.3 is 15.4 Å². The van der Waals surface area contributed by atoms with Gasteiger partial charge in [-0.3, -0.25) is 0 Å². The Balaban J connectivity index is 2.21. The molecule has 20 heavy (non-hydrogen) atoms. The van der Waals surface area contributed by atoms with Gasteiger partial charge in [0.15, 0.2) is 0 Å². The molecular weight excluding hydrogens is 255 g/mol. The number of rotatable bonds is 5. The molecule has 2 aromatic carbocycles. The molecular formula is C16H19FN2O. The van der Waals surface area contributed by atoms with Gasteiger partial charge in [-0.2, -0.15) is 0 Å². The standard InChI is InChI=1S/C16H19FN2O/c1-19(11-12-6-8-14(20-2)9-7-12)16-13(10-18)4-3-5-15(16)17/h3-9H,10-11,18H2,1-2H3. The maximum Gasteiger partial charge on any atom is 0.146 e. The average Bonchev–Trinajstić information content (AvgIpc) is 2.47. The van der Waals surface area contributed by atoms with E-state index in [0.29, 0.717) is 18.8 Å². The van der Waals surface area contributed by atoms with Crippen molar-refractivity contribution in [1.82, 2.24) is 0 Å². The summed E-state index contributed by atoms with van der Waals surface area (Å²) in [6.45, 7) is 0.929. The van der Waals surface area contributed by atoms with Crippen molar-refractivity contribution in [2.45, 2.75) is 13.1 Å². The van der Waals surface area contributed by atoms with Crippen LogP contribution in [0.15, 0.2) is 42.5 Å². The lowest BCUT2D eigenvalue weighted by molar-refractivity contribution is 0.414. The summed E-state index contributed by atoms with van der Waals surface area (Å²) in [5.74, 6) is 0.564. The molecule has 2 aromatic rings. The fraction of sp³-hybridized carbons (Fsp3) is 0.250. The number of nitrogens with two attached hydrogens (primary N) is 1. The Hall–Kier alpha value is -2.07. The zero-order valence-corrected chi connectivity index (χ0v) is 11.8. The molecule has 2 N–H and O–H groups in total. The van der Waals surface area contributed by atoms with E-state index in [1.807, 2.05) is 42.3 Å². The van der Waals surface area contributed by atoms with Crippen molar-refractivity contribution < 1.29 is 9.13 Å². The van der Waals surface area contributed by atoms with E-state index >= 15 is 0 Å². The number of hydrogen-bond acceptors (Lipinski definition) is 3. The third-order valence-corrected chi connectivity index (χ3v) is 3.25. The second-order valence-corrected chi connectivity index (χ2v) is 4.66. The van der Waals surface area contributed by atoms with Crippen LogP contribution in [0.3, 0.4) is 0 Å². The van der Waals surface area contributed by atoms with E-state index < -0.39 is 0 Å². The van der Waals surface area contributed by atoms with Gasteiger partial charge in [-0.05, 0) is 29.3 Å². The summed E-state index contributed by atoms with van der Waals surface area (Å²) in [6.07, 6.45) is 0. The minimum absolute atomic E-state index is 0.246. The largest absolute Gasteiger partial charge is 0.497 e. The van der Waals surface area contributed by atoms with E-state index in [0.717, 1.165) is 16.9 Å². The lowest BCUT2D eigenvalue weighted by Gasteiger charge is -2.23. The van der Waals surface area contributed by atoms with Gasteiger partial charge in [0.25, 0.3) is 0 Å². The summed E-state index contributed by atoms with van der Waals surface area (Å²) >= 11 is 0. The molecule has 0 amide bonds. The Kier molecular flexibility index (Phi) is 4.58. The summed E-state index contributed by atoms with van der Waals surface area (Å²) in [5, 5.41) is 0. The number of methoxy groups -OCH3 is 1. The number of hydrogen-bond donors (Lipinski definition) is 1. The Morgan fingerprint density at radius 1 is 1.15 bits per heavy atom. The second-order valence-electron chi connectivity index (χ2n) is 4.66. The van der Waals surface area contributed by atoms with Crippen molar-refractivity contribution in [3.63, 3.8) is 0 Å². The van der Waals surface area contributed by atoms with E-state index in [1.54, 1.807) is 13.2 Å². The number of halogens is 1. The Labute approximate surface area is 118 Å². The van der Waals surface area contributed by atoms with Crippen molar-refractivity contribution in [2.75, 3.05) is 19.1 Å². The van der Waals surface area contributed by atoms with Gasteiger partial charge in [-0.25, -0.2) is 4.39 Å². The molecule has 3 nitrogen and oxygen atoms in total. The Morgan fingerprint density at radius 3 is 2.45 bits per heavy atom. The first-order chi connectivity index (χ1) is 9.65. The van der Waals surface area contributed by atoms with Crippen LogP contribution in [0.1, 0.15) is 11.1 Å². The highest BCUT2D eigenvalue weighted by atomic mass is 19.1. The minimum Gasteiger partial charge on any atom is -0.497 e. The van der Waals surface area contributed by atoms with Crippen LogP contribution in [0.2, 0.25) is 0 Å². The monoisotopic (exact) mass is 274 g/mol. The fourth-order valence-corrected chi connectivity index (χ4v) is 2.24. The maximum atomic E-state index is 14.0. The molecule has 0 radical (unpaired) electrons. The van der Waals surface area contributed by atoms with Gasteiger partial charge in [-0.15, -0.1) is 0 Å².